The minimum atomic E-state index is -0.662. The van der Waals surface area contributed by atoms with E-state index >= 15 is 0 Å². The number of rotatable bonds is 4. The number of nitrogens with zero attached hydrogens (tertiary/aromatic N) is 1. The first-order valence-corrected chi connectivity index (χ1v) is 7.52. The van der Waals surface area contributed by atoms with Crippen LogP contribution in [0.15, 0.2) is 24.3 Å². The topological polar surface area (TPSA) is 72.6 Å². The largest absolute Gasteiger partial charge is 0.450 e. The second-order valence-corrected chi connectivity index (χ2v) is 5.39. The van der Waals surface area contributed by atoms with E-state index in [9.17, 15) is 14.0 Å². The number of likely N-dealkylation sites (tertiary alicyclic amines) is 1. The Morgan fingerprint density at radius 1 is 1.36 bits per heavy atom. The molecule has 1 saturated heterocycles. The molecule has 5 nitrogen and oxygen atoms in total. The molecule has 0 saturated carbocycles. The van der Waals surface area contributed by atoms with Crippen LogP contribution in [-0.2, 0) is 9.53 Å². The molecule has 2 rings (SSSR count). The van der Waals surface area contributed by atoms with Crippen LogP contribution in [0.2, 0.25) is 0 Å². The molecule has 1 aromatic carbocycles. The van der Waals surface area contributed by atoms with Crippen LogP contribution >= 0.6 is 0 Å². The number of primary amides is 1. The number of hydrogen-bond acceptors (Lipinski definition) is 3. The van der Waals surface area contributed by atoms with Crippen LogP contribution in [0.3, 0.4) is 0 Å². The summed E-state index contributed by atoms with van der Waals surface area (Å²) >= 11 is 0. The minimum Gasteiger partial charge on any atom is -0.450 e. The average Bonchev–Trinajstić information content (AvgIpc) is 2.50. The van der Waals surface area contributed by atoms with Gasteiger partial charge in [0.25, 0.3) is 0 Å². The van der Waals surface area contributed by atoms with Crippen molar-refractivity contribution in [2.75, 3.05) is 13.2 Å². The van der Waals surface area contributed by atoms with Crippen molar-refractivity contribution in [2.24, 2.45) is 5.73 Å². The molecular formula is C16H21FN2O3. The smallest absolute Gasteiger partial charge is 0.410 e. The molecule has 6 heteroatoms. The molecule has 1 aromatic rings. The van der Waals surface area contributed by atoms with Crippen molar-refractivity contribution in [3.8, 4) is 0 Å². The van der Waals surface area contributed by atoms with Crippen molar-refractivity contribution in [1.82, 2.24) is 4.90 Å². The number of nitrogens with two attached hydrogens (primary N) is 1. The molecule has 0 unspecified atom stereocenters. The average molecular weight is 308 g/mol. The first kappa shape index (κ1) is 16.3. The van der Waals surface area contributed by atoms with E-state index in [1.807, 2.05) is 0 Å². The number of carbonyl (C=O) groups excluding carboxylic acids is 2. The number of hydrogen-bond donors (Lipinski definition) is 1. The van der Waals surface area contributed by atoms with E-state index in [2.05, 4.69) is 0 Å². The molecular weight excluding hydrogens is 287 g/mol. The van der Waals surface area contributed by atoms with Gasteiger partial charge in [0, 0.05) is 6.54 Å². The molecule has 22 heavy (non-hydrogen) atoms. The Balaban J connectivity index is 2.30. The molecule has 1 fully saturated rings. The summed E-state index contributed by atoms with van der Waals surface area (Å²) in [4.78, 5) is 25.6. The van der Waals surface area contributed by atoms with Gasteiger partial charge >= 0.3 is 6.09 Å². The summed E-state index contributed by atoms with van der Waals surface area (Å²) in [5.41, 5.74) is 6.18. The van der Waals surface area contributed by atoms with Crippen LogP contribution in [0.25, 0.3) is 0 Å². The lowest BCUT2D eigenvalue weighted by Crippen LogP contribution is -2.50. The number of carbonyl (C=O) groups is 2. The lowest BCUT2D eigenvalue weighted by molar-refractivity contribution is -0.121. The van der Waals surface area contributed by atoms with Gasteiger partial charge in [-0.2, -0.15) is 0 Å². The van der Waals surface area contributed by atoms with Gasteiger partial charge in [0.1, 0.15) is 5.82 Å². The summed E-state index contributed by atoms with van der Waals surface area (Å²) in [6.07, 6.45) is 2.01. The van der Waals surface area contributed by atoms with Crippen LogP contribution in [0.1, 0.15) is 37.7 Å². The highest BCUT2D eigenvalue weighted by Gasteiger charge is 2.37. The van der Waals surface area contributed by atoms with Gasteiger partial charge in [-0.3, -0.25) is 4.79 Å². The van der Waals surface area contributed by atoms with Gasteiger partial charge < -0.3 is 15.4 Å². The second kappa shape index (κ2) is 7.24. The molecule has 0 bridgehead atoms. The van der Waals surface area contributed by atoms with Crippen molar-refractivity contribution in [3.05, 3.63) is 35.6 Å². The van der Waals surface area contributed by atoms with Crippen LogP contribution < -0.4 is 5.73 Å². The maximum absolute atomic E-state index is 13.1. The summed E-state index contributed by atoms with van der Waals surface area (Å²) in [7, 11) is 0. The SMILES string of the molecule is CCOC(=O)N1CCCC[C@@H]1[C@@H](C(N)=O)c1ccc(F)cc1. The number of piperidine rings is 1. The van der Waals surface area contributed by atoms with Gasteiger partial charge in [-0.15, -0.1) is 0 Å². The summed E-state index contributed by atoms with van der Waals surface area (Å²) in [6.45, 7) is 2.55. The van der Waals surface area contributed by atoms with Gasteiger partial charge in [-0.05, 0) is 43.9 Å². The van der Waals surface area contributed by atoms with E-state index in [4.69, 9.17) is 10.5 Å². The van der Waals surface area contributed by atoms with E-state index in [1.54, 1.807) is 24.0 Å². The van der Waals surface area contributed by atoms with Gasteiger partial charge in [-0.25, -0.2) is 9.18 Å². The molecule has 1 aliphatic rings. The van der Waals surface area contributed by atoms with Crippen LogP contribution in [-0.4, -0.2) is 36.1 Å². The lowest BCUT2D eigenvalue weighted by atomic mass is 9.85. The summed E-state index contributed by atoms with van der Waals surface area (Å²) < 4.78 is 18.2. The molecule has 2 atom stereocenters. The number of ether oxygens (including phenoxy) is 1. The zero-order valence-corrected chi connectivity index (χ0v) is 12.6. The van der Waals surface area contributed by atoms with E-state index in [-0.39, 0.29) is 18.5 Å². The highest BCUT2D eigenvalue weighted by atomic mass is 19.1. The molecule has 1 aliphatic heterocycles. The fourth-order valence-electron chi connectivity index (χ4n) is 2.98. The second-order valence-electron chi connectivity index (χ2n) is 5.39. The zero-order chi connectivity index (χ0) is 16.1. The fraction of sp³-hybridized carbons (Fsp3) is 0.500. The van der Waals surface area contributed by atoms with E-state index < -0.39 is 17.9 Å². The Morgan fingerprint density at radius 3 is 2.64 bits per heavy atom. The van der Waals surface area contributed by atoms with Crippen molar-refractivity contribution < 1.29 is 18.7 Å². The predicted octanol–water partition coefficient (Wildman–Crippen LogP) is 2.41. The van der Waals surface area contributed by atoms with E-state index in [0.29, 0.717) is 18.5 Å². The molecule has 120 valence electrons. The summed E-state index contributed by atoms with van der Waals surface area (Å²) in [5.74, 6) is -1.56. The minimum absolute atomic E-state index is 0.278. The predicted molar refractivity (Wildman–Crippen MR) is 79.7 cm³/mol. The van der Waals surface area contributed by atoms with E-state index in [0.717, 1.165) is 12.8 Å². The van der Waals surface area contributed by atoms with Crippen molar-refractivity contribution in [1.29, 1.82) is 0 Å². The quantitative estimate of drug-likeness (QED) is 0.928. The van der Waals surface area contributed by atoms with Crippen LogP contribution in [0, 0.1) is 5.82 Å². The van der Waals surface area contributed by atoms with Gasteiger partial charge in [0.15, 0.2) is 0 Å². The number of benzene rings is 1. The van der Waals surface area contributed by atoms with Gasteiger partial charge in [0.2, 0.25) is 5.91 Å². The zero-order valence-electron chi connectivity index (χ0n) is 12.6. The Kier molecular flexibility index (Phi) is 5.35. The van der Waals surface area contributed by atoms with Crippen molar-refractivity contribution in [2.45, 2.75) is 38.1 Å². The maximum Gasteiger partial charge on any atom is 0.410 e. The molecule has 2 N–H and O–H groups in total. The third-order valence-corrected chi connectivity index (χ3v) is 3.97. The Hall–Kier alpha value is -2.11. The first-order valence-electron chi connectivity index (χ1n) is 7.52. The van der Waals surface area contributed by atoms with Crippen LogP contribution in [0.4, 0.5) is 9.18 Å². The van der Waals surface area contributed by atoms with Gasteiger partial charge in [0.05, 0.1) is 18.6 Å². The third-order valence-electron chi connectivity index (χ3n) is 3.97. The summed E-state index contributed by atoms with van der Waals surface area (Å²) in [5, 5.41) is 0. The number of halogens is 1. The van der Waals surface area contributed by atoms with Crippen molar-refractivity contribution in [3.63, 3.8) is 0 Å². The Morgan fingerprint density at radius 2 is 2.05 bits per heavy atom. The molecule has 2 amide bonds. The molecule has 0 spiro atoms. The molecule has 0 radical (unpaired) electrons. The number of amides is 2. The molecule has 0 aliphatic carbocycles. The highest BCUT2D eigenvalue weighted by Crippen LogP contribution is 2.31. The molecule has 1 heterocycles. The summed E-state index contributed by atoms with van der Waals surface area (Å²) in [6, 6.07) is 5.33. The highest BCUT2D eigenvalue weighted by molar-refractivity contribution is 5.83. The maximum atomic E-state index is 13.1. The lowest BCUT2D eigenvalue weighted by Gasteiger charge is -2.38. The Bertz CT molecular complexity index is 533. The fourth-order valence-corrected chi connectivity index (χ4v) is 2.98. The first-order chi connectivity index (χ1) is 10.5. The normalized spacial score (nSPS) is 19.5. The third kappa shape index (κ3) is 3.55. The van der Waals surface area contributed by atoms with E-state index in [1.165, 1.54) is 12.1 Å². The monoisotopic (exact) mass is 308 g/mol. The standard InChI is InChI=1S/C16H21FN2O3/c1-2-22-16(21)19-10-4-3-5-13(19)14(15(18)20)11-6-8-12(17)9-7-11/h6-9,13-14H,2-5,10H2,1H3,(H2,18,20)/t13-,14+/m1/s1. The van der Waals surface area contributed by atoms with Crippen molar-refractivity contribution >= 4 is 12.0 Å². The Labute approximate surface area is 129 Å². The molecule has 0 aromatic heterocycles. The van der Waals surface area contributed by atoms with Gasteiger partial charge in [-0.1, -0.05) is 12.1 Å². The van der Waals surface area contributed by atoms with Crippen LogP contribution in [0.5, 0.6) is 0 Å².